The van der Waals surface area contributed by atoms with Crippen LogP contribution in [0.25, 0.3) is 10.9 Å². The Balaban J connectivity index is 2.28. The Morgan fingerprint density at radius 3 is 2.84 bits per heavy atom. The number of carbonyl (C=O) groups excluding carboxylic acids is 1. The molecule has 2 aromatic rings. The van der Waals surface area contributed by atoms with Gasteiger partial charge in [0.2, 0.25) is 0 Å². The number of hydrogen-bond acceptors (Lipinski definition) is 4. The molecule has 1 aliphatic rings. The van der Waals surface area contributed by atoms with Crippen LogP contribution in [0.4, 0.5) is 5.69 Å². The molecule has 0 aliphatic carbocycles. The molecule has 1 aromatic heterocycles. The number of fused-ring (bicyclic) bond motifs is 2. The van der Waals surface area contributed by atoms with E-state index in [1.165, 1.54) is 0 Å². The maximum absolute atomic E-state index is 11.9. The molecule has 1 amide bonds. The Morgan fingerprint density at radius 1 is 1.42 bits per heavy atom. The molecule has 0 radical (unpaired) electrons. The standard InChI is InChI=1S/C13H11N3O3/c1-16-5-7-2-6-3-9(14)11(13(18)19)15-10(6)4-8(7)12(16)17/h2-4H,5,14H2,1H3,(H,18,19). The third kappa shape index (κ3) is 1.61. The quantitative estimate of drug-likeness (QED) is 0.797. The summed E-state index contributed by atoms with van der Waals surface area (Å²) >= 11 is 0. The first-order valence-electron chi connectivity index (χ1n) is 5.69. The number of nitrogens with two attached hydrogens (primary N) is 1. The van der Waals surface area contributed by atoms with Gasteiger partial charge in [-0.05, 0) is 23.8 Å². The molecule has 1 aromatic carbocycles. The van der Waals surface area contributed by atoms with Crippen molar-refractivity contribution in [3.63, 3.8) is 0 Å². The maximum Gasteiger partial charge on any atom is 0.356 e. The van der Waals surface area contributed by atoms with Crippen molar-refractivity contribution in [2.45, 2.75) is 6.54 Å². The van der Waals surface area contributed by atoms with E-state index in [1.807, 2.05) is 6.07 Å². The van der Waals surface area contributed by atoms with Gasteiger partial charge >= 0.3 is 5.97 Å². The number of carbonyl (C=O) groups is 2. The van der Waals surface area contributed by atoms with Gasteiger partial charge in [0, 0.05) is 24.5 Å². The molecular weight excluding hydrogens is 246 g/mol. The maximum atomic E-state index is 11.9. The minimum atomic E-state index is -1.18. The summed E-state index contributed by atoms with van der Waals surface area (Å²) in [6.07, 6.45) is 0. The van der Waals surface area contributed by atoms with Crippen LogP contribution in [0.3, 0.4) is 0 Å². The Bertz CT molecular complexity index is 739. The van der Waals surface area contributed by atoms with Crippen LogP contribution in [0.2, 0.25) is 0 Å². The molecule has 0 saturated carbocycles. The summed E-state index contributed by atoms with van der Waals surface area (Å²) in [5.41, 5.74) is 7.55. The molecule has 0 fully saturated rings. The van der Waals surface area contributed by atoms with Crippen LogP contribution >= 0.6 is 0 Å². The molecule has 96 valence electrons. The molecule has 0 unspecified atom stereocenters. The summed E-state index contributed by atoms with van der Waals surface area (Å²) in [5, 5.41) is 9.74. The molecule has 2 heterocycles. The minimum absolute atomic E-state index is 0.0765. The minimum Gasteiger partial charge on any atom is -0.476 e. The van der Waals surface area contributed by atoms with Crippen LogP contribution in [0.15, 0.2) is 18.2 Å². The average molecular weight is 257 g/mol. The van der Waals surface area contributed by atoms with Crippen molar-refractivity contribution in [1.82, 2.24) is 9.88 Å². The summed E-state index contributed by atoms with van der Waals surface area (Å²) in [7, 11) is 1.72. The van der Waals surface area contributed by atoms with Gasteiger partial charge in [-0.3, -0.25) is 4.79 Å². The average Bonchev–Trinajstić information content (AvgIpc) is 2.61. The van der Waals surface area contributed by atoms with Crippen molar-refractivity contribution >= 4 is 28.5 Å². The SMILES string of the molecule is CN1Cc2cc3cc(N)c(C(=O)O)nc3cc2C1=O. The first kappa shape index (κ1) is 11.5. The zero-order valence-corrected chi connectivity index (χ0v) is 10.2. The monoisotopic (exact) mass is 257 g/mol. The third-order valence-corrected chi connectivity index (χ3v) is 3.26. The van der Waals surface area contributed by atoms with E-state index in [-0.39, 0.29) is 17.3 Å². The predicted octanol–water partition coefficient (Wildman–Crippen LogP) is 1.10. The molecule has 6 heteroatoms. The molecule has 6 nitrogen and oxygen atoms in total. The number of carboxylic acids is 1. The van der Waals surface area contributed by atoms with E-state index in [2.05, 4.69) is 4.98 Å². The van der Waals surface area contributed by atoms with Gasteiger partial charge in [-0.2, -0.15) is 0 Å². The third-order valence-electron chi connectivity index (χ3n) is 3.26. The van der Waals surface area contributed by atoms with E-state index in [9.17, 15) is 9.59 Å². The number of aromatic nitrogens is 1. The Kier molecular flexibility index (Phi) is 2.22. The van der Waals surface area contributed by atoms with Gasteiger partial charge < -0.3 is 15.7 Å². The second-order valence-electron chi connectivity index (χ2n) is 4.59. The number of carboxylic acid groups (broad SMARTS) is 1. The molecule has 0 saturated heterocycles. The van der Waals surface area contributed by atoms with Gasteiger partial charge in [0.25, 0.3) is 5.91 Å². The molecule has 1 aliphatic heterocycles. The van der Waals surface area contributed by atoms with Crippen molar-refractivity contribution in [2.24, 2.45) is 0 Å². The van der Waals surface area contributed by atoms with E-state index >= 15 is 0 Å². The highest BCUT2D eigenvalue weighted by atomic mass is 16.4. The second-order valence-corrected chi connectivity index (χ2v) is 4.59. The summed E-state index contributed by atoms with van der Waals surface area (Å²) in [5.74, 6) is -1.25. The number of rotatable bonds is 1. The first-order chi connectivity index (χ1) is 8.97. The van der Waals surface area contributed by atoms with E-state index in [1.54, 1.807) is 24.1 Å². The summed E-state index contributed by atoms with van der Waals surface area (Å²) < 4.78 is 0. The van der Waals surface area contributed by atoms with Gasteiger partial charge in [-0.1, -0.05) is 0 Å². The lowest BCUT2D eigenvalue weighted by Gasteiger charge is -2.05. The summed E-state index contributed by atoms with van der Waals surface area (Å²) in [6, 6.07) is 5.04. The number of hydrogen-bond donors (Lipinski definition) is 2. The Morgan fingerprint density at radius 2 is 2.16 bits per heavy atom. The summed E-state index contributed by atoms with van der Waals surface area (Å²) in [4.78, 5) is 28.5. The zero-order chi connectivity index (χ0) is 13.7. The van der Waals surface area contributed by atoms with Crippen LogP contribution in [-0.2, 0) is 6.54 Å². The van der Waals surface area contributed by atoms with Crippen LogP contribution < -0.4 is 5.73 Å². The highest BCUT2D eigenvalue weighted by Gasteiger charge is 2.25. The fourth-order valence-electron chi connectivity index (χ4n) is 2.32. The molecule has 0 atom stereocenters. The van der Waals surface area contributed by atoms with E-state index in [4.69, 9.17) is 10.8 Å². The van der Waals surface area contributed by atoms with Crippen molar-refractivity contribution in [3.05, 3.63) is 35.0 Å². The smallest absolute Gasteiger partial charge is 0.356 e. The van der Waals surface area contributed by atoms with Gasteiger partial charge in [-0.25, -0.2) is 9.78 Å². The van der Waals surface area contributed by atoms with Crippen LogP contribution in [0.1, 0.15) is 26.4 Å². The number of nitrogen functional groups attached to an aromatic ring is 1. The van der Waals surface area contributed by atoms with E-state index in [0.29, 0.717) is 17.6 Å². The topological polar surface area (TPSA) is 96.5 Å². The summed E-state index contributed by atoms with van der Waals surface area (Å²) in [6.45, 7) is 0.546. The van der Waals surface area contributed by atoms with Crippen LogP contribution in [0.5, 0.6) is 0 Å². The second kappa shape index (κ2) is 3.68. The fourth-order valence-corrected chi connectivity index (χ4v) is 2.32. The highest BCUT2D eigenvalue weighted by Crippen LogP contribution is 2.28. The Labute approximate surface area is 108 Å². The molecule has 3 rings (SSSR count). The number of anilines is 1. The number of pyridine rings is 1. The van der Waals surface area contributed by atoms with Crippen molar-refractivity contribution in [2.75, 3.05) is 12.8 Å². The first-order valence-corrected chi connectivity index (χ1v) is 5.69. The number of aromatic carboxylic acids is 1. The molecule has 0 bridgehead atoms. The van der Waals surface area contributed by atoms with E-state index < -0.39 is 5.97 Å². The van der Waals surface area contributed by atoms with Gasteiger partial charge in [0.1, 0.15) is 0 Å². The Hall–Kier alpha value is -2.63. The number of amides is 1. The lowest BCUT2D eigenvalue weighted by molar-refractivity contribution is 0.0691. The lowest BCUT2D eigenvalue weighted by atomic mass is 10.1. The number of nitrogens with zero attached hydrogens (tertiary/aromatic N) is 2. The fraction of sp³-hybridized carbons (Fsp3) is 0.154. The van der Waals surface area contributed by atoms with Crippen LogP contribution in [0, 0.1) is 0 Å². The lowest BCUT2D eigenvalue weighted by Crippen LogP contribution is -2.17. The molecule has 3 N–H and O–H groups in total. The highest BCUT2D eigenvalue weighted by molar-refractivity contribution is 6.03. The van der Waals surface area contributed by atoms with Gasteiger partial charge in [-0.15, -0.1) is 0 Å². The number of benzene rings is 1. The van der Waals surface area contributed by atoms with Crippen LogP contribution in [-0.4, -0.2) is 33.9 Å². The normalized spacial score (nSPS) is 13.9. The zero-order valence-electron chi connectivity index (χ0n) is 10.2. The molecule has 0 spiro atoms. The van der Waals surface area contributed by atoms with Crippen molar-refractivity contribution in [1.29, 1.82) is 0 Å². The van der Waals surface area contributed by atoms with Crippen molar-refractivity contribution < 1.29 is 14.7 Å². The van der Waals surface area contributed by atoms with Gasteiger partial charge in [0.05, 0.1) is 11.2 Å². The predicted molar refractivity (Wildman–Crippen MR) is 68.9 cm³/mol. The van der Waals surface area contributed by atoms with Gasteiger partial charge in [0.15, 0.2) is 5.69 Å². The molecular formula is C13H11N3O3. The molecule has 19 heavy (non-hydrogen) atoms. The largest absolute Gasteiger partial charge is 0.476 e. The van der Waals surface area contributed by atoms with Crippen molar-refractivity contribution in [3.8, 4) is 0 Å². The van der Waals surface area contributed by atoms with E-state index in [0.717, 1.165) is 10.9 Å².